The van der Waals surface area contributed by atoms with Gasteiger partial charge in [-0.05, 0) is 44.9 Å². The monoisotopic (exact) mass is 294 g/mol. The molecule has 1 N–H and O–H groups in total. The predicted octanol–water partition coefficient (Wildman–Crippen LogP) is 3.82. The summed E-state index contributed by atoms with van der Waals surface area (Å²) in [6, 6.07) is 0.512. The summed E-state index contributed by atoms with van der Waals surface area (Å²) in [6.07, 6.45) is 0.107. The van der Waals surface area contributed by atoms with Gasteiger partial charge in [-0.2, -0.15) is 13.2 Å². The van der Waals surface area contributed by atoms with Crippen LogP contribution < -0.4 is 5.32 Å². The van der Waals surface area contributed by atoms with Crippen LogP contribution in [0.4, 0.5) is 13.2 Å². The summed E-state index contributed by atoms with van der Waals surface area (Å²) in [6.45, 7) is 8.39. The highest BCUT2D eigenvalue weighted by molar-refractivity contribution is 4.89. The quantitative estimate of drug-likeness (QED) is 0.695. The summed E-state index contributed by atoms with van der Waals surface area (Å²) in [4.78, 5) is 1.57. The highest BCUT2D eigenvalue weighted by Crippen LogP contribution is 2.31. The second-order valence-corrected chi connectivity index (χ2v) is 6.48. The van der Waals surface area contributed by atoms with Gasteiger partial charge in [0.25, 0.3) is 0 Å². The predicted molar refractivity (Wildman–Crippen MR) is 76.8 cm³/mol. The SMILES string of the molecule is CCC(CC)(CNC1CC1)CN(CC(F)(F)F)C(C)C. The molecule has 1 rings (SSSR count). The number of rotatable bonds is 9. The largest absolute Gasteiger partial charge is 0.401 e. The van der Waals surface area contributed by atoms with E-state index in [0.29, 0.717) is 12.6 Å². The van der Waals surface area contributed by atoms with Crippen LogP contribution in [-0.4, -0.2) is 42.8 Å². The summed E-state index contributed by atoms with van der Waals surface area (Å²) in [7, 11) is 0. The lowest BCUT2D eigenvalue weighted by Gasteiger charge is -2.39. The minimum atomic E-state index is -4.12. The van der Waals surface area contributed by atoms with Gasteiger partial charge in [0.1, 0.15) is 0 Å². The molecule has 2 nitrogen and oxygen atoms in total. The highest BCUT2D eigenvalue weighted by Gasteiger charge is 2.37. The van der Waals surface area contributed by atoms with Gasteiger partial charge in [-0.15, -0.1) is 0 Å². The van der Waals surface area contributed by atoms with Crippen molar-refractivity contribution in [3.8, 4) is 0 Å². The third-order valence-corrected chi connectivity index (χ3v) is 4.49. The molecule has 0 saturated heterocycles. The number of alkyl halides is 3. The van der Waals surface area contributed by atoms with Crippen LogP contribution in [0.25, 0.3) is 0 Å². The third-order valence-electron chi connectivity index (χ3n) is 4.49. The van der Waals surface area contributed by atoms with E-state index in [1.54, 1.807) is 4.90 Å². The van der Waals surface area contributed by atoms with E-state index < -0.39 is 12.7 Å². The Bertz CT molecular complexity index is 281. The molecule has 0 heterocycles. The van der Waals surface area contributed by atoms with Crippen molar-refractivity contribution in [2.24, 2.45) is 5.41 Å². The zero-order chi connectivity index (χ0) is 15.4. The molecule has 20 heavy (non-hydrogen) atoms. The average molecular weight is 294 g/mol. The Morgan fingerprint density at radius 1 is 1.10 bits per heavy atom. The van der Waals surface area contributed by atoms with Crippen LogP contribution in [0, 0.1) is 5.41 Å². The molecule has 0 aliphatic heterocycles. The van der Waals surface area contributed by atoms with E-state index in [1.807, 2.05) is 13.8 Å². The molecule has 1 saturated carbocycles. The molecular weight excluding hydrogens is 265 g/mol. The summed E-state index contributed by atoms with van der Waals surface area (Å²) >= 11 is 0. The molecule has 5 heteroatoms. The molecule has 0 aromatic heterocycles. The first kappa shape index (κ1) is 17.8. The second kappa shape index (κ2) is 7.12. The summed E-state index contributed by atoms with van der Waals surface area (Å²) < 4.78 is 38.1. The molecule has 0 amide bonds. The molecule has 0 radical (unpaired) electrons. The number of halogens is 3. The van der Waals surface area contributed by atoms with Gasteiger partial charge < -0.3 is 5.32 Å². The van der Waals surface area contributed by atoms with E-state index >= 15 is 0 Å². The van der Waals surface area contributed by atoms with Crippen molar-refractivity contribution in [2.75, 3.05) is 19.6 Å². The van der Waals surface area contributed by atoms with Gasteiger partial charge in [0.2, 0.25) is 0 Å². The van der Waals surface area contributed by atoms with Crippen molar-refractivity contribution in [3.05, 3.63) is 0 Å². The minimum absolute atomic E-state index is 0.0574. The van der Waals surface area contributed by atoms with Gasteiger partial charge in [0, 0.05) is 25.2 Å². The Morgan fingerprint density at radius 2 is 1.65 bits per heavy atom. The summed E-state index contributed by atoms with van der Waals surface area (Å²) in [5.74, 6) is 0. The molecule has 0 aromatic rings. The number of nitrogens with one attached hydrogen (secondary N) is 1. The van der Waals surface area contributed by atoms with Crippen LogP contribution in [0.1, 0.15) is 53.4 Å². The first-order valence-electron chi connectivity index (χ1n) is 7.75. The first-order valence-corrected chi connectivity index (χ1v) is 7.75. The van der Waals surface area contributed by atoms with Gasteiger partial charge in [-0.3, -0.25) is 4.90 Å². The van der Waals surface area contributed by atoms with Crippen LogP contribution in [0.3, 0.4) is 0 Å². The van der Waals surface area contributed by atoms with Crippen LogP contribution >= 0.6 is 0 Å². The fourth-order valence-electron chi connectivity index (χ4n) is 2.51. The van der Waals surface area contributed by atoms with Gasteiger partial charge in [0.15, 0.2) is 0 Å². The molecule has 1 aliphatic rings. The zero-order valence-electron chi connectivity index (χ0n) is 13.2. The Hall–Kier alpha value is -0.290. The van der Waals surface area contributed by atoms with E-state index in [9.17, 15) is 13.2 Å². The van der Waals surface area contributed by atoms with Crippen molar-refractivity contribution in [1.29, 1.82) is 0 Å². The van der Waals surface area contributed by atoms with Crippen molar-refractivity contribution in [1.82, 2.24) is 10.2 Å². The van der Waals surface area contributed by atoms with Crippen LogP contribution in [0.5, 0.6) is 0 Å². The standard InChI is InChI=1S/C15H29F3N2/c1-5-14(6-2,9-19-13-7-8-13)10-20(12(3)4)11-15(16,17)18/h12-13,19H,5-11H2,1-4H3. The van der Waals surface area contributed by atoms with E-state index in [0.717, 1.165) is 19.4 Å². The summed E-state index contributed by atoms with van der Waals surface area (Å²) in [5, 5.41) is 3.50. The van der Waals surface area contributed by atoms with Crippen LogP contribution in [-0.2, 0) is 0 Å². The smallest absolute Gasteiger partial charge is 0.313 e. The lowest BCUT2D eigenvalue weighted by molar-refractivity contribution is -0.153. The fraction of sp³-hybridized carbons (Fsp3) is 1.00. The molecule has 120 valence electrons. The maximum atomic E-state index is 12.7. The van der Waals surface area contributed by atoms with Crippen molar-refractivity contribution in [3.63, 3.8) is 0 Å². The molecule has 0 spiro atoms. The molecule has 0 aromatic carbocycles. The molecule has 1 fully saturated rings. The number of nitrogens with zero attached hydrogens (tertiary/aromatic N) is 1. The van der Waals surface area contributed by atoms with Crippen molar-refractivity contribution in [2.45, 2.75) is 71.6 Å². The number of hydrogen-bond acceptors (Lipinski definition) is 2. The summed E-state index contributed by atoms with van der Waals surface area (Å²) in [5.41, 5.74) is -0.0574. The van der Waals surface area contributed by atoms with Crippen molar-refractivity contribution >= 4 is 0 Å². The Labute approximate surface area is 121 Å². The van der Waals surface area contributed by atoms with E-state index in [-0.39, 0.29) is 11.5 Å². The van der Waals surface area contributed by atoms with Gasteiger partial charge in [-0.25, -0.2) is 0 Å². The Kier molecular flexibility index (Phi) is 6.32. The maximum absolute atomic E-state index is 12.7. The molecule has 1 aliphatic carbocycles. The Morgan fingerprint density at radius 3 is 2.00 bits per heavy atom. The van der Waals surface area contributed by atoms with Gasteiger partial charge >= 0.3 is 6.18 Å². The fourth-order valence-corrected chi connectivity index (χ4v) is 2.51. The molecule has 0 atom stereocenters. The minimum Gasteiger partial charge on any atom is -0.313 e. The number of hydrogen-bond donors (Lipinski definition) is 1. The topological polar surface area (TPSA) is 15.3 Å². The third kappa shape index (κ3) is 6.00. The van der Waals surface area contributed by atoms with Crippen LogP contribution in [0.2, 0.25) is 0 Å². The van der Waals surface area contributed by atoms with Gasteiger partial charge in [-0.1, -0.05) is 13.8 Å². The van der Waals surface area contributed by atoms with Gasteiger partial charge in [0.05, 0.1) is 6.54 Å². The van der Waals surface area contributed by atoms with Crippen molar-refractivity contribution < 1.29 is 13.2 Å². The average Bonchev–Trinajstić information content (AvgIpc) is 3.15. The molecule has 0 bridgehead atoms. The van der Waals surface area contributed by atoms with E-state index in [1.165, 1.54) is 12.8 Å². The Balaban J connectivity index is 2.67. The normalized spacial score (nSPS) is 17.2. The lowest BCUT2D eigenvalue weighted by Crippen LogP contribution is -2.49. The molecular formula is C15H29F3N2. The molecule has 0 unspecified atom stereocenters. The maximum Gasteiger partial charge on any atom is 0.401 e. The van der Waals surface area contributed by atoms with E-state index in [4.69, 9.17) is 0 Å². The second-order valence-electron chi connectivity index (χ2n) is 6.48. The van der Waals surface area contributed by atoms with E-state index in [2.05, 4.69) is 19.2 Å². The zero-order valence-corrected chi connectivity index (χ0v) is 13.2. The highest BCUT2D eigenvalue weighted by atomic mass is 19.4. The first-order chi connectivity index (χ1) is 9.21. The lowest BCUT2D eigenvalue weighted by atomic mass is 9.81. The van der Waals surface area contributed by atoms with Crippen LogP contribution in [0.15, 0.2) is 0 Å².